The molecule has 0 saturated carbocycles. The molecule has 2 N–H and O–H groups in total. The Kier molecular flexibility index (Phi) is 14.3. The topological polar surface area (TPSA) is 122 Å². The van der Waals surface area contributed by atoms with E-state index in [1.807, 2.05) is 121 Å². The average molecular weight is 763 g/mol. The highest BCUT2D eigenvalue weighted by Crippen LogP contribution is 2.39. The molecule has 0 bridgehead atoms. The Labute approximate surface area is 307 Å². The van der Waals surface area contributed by atoms with Crippen LogP contribution in [0.3, 0.4) is 0 Å². The zero-order valence-electron chi connectivity index (χ0n) is 28.6. The molecule has 51 heavy (non-hydrogen) atoms. The number of methoxy groups -OCH3 is 1. The molecule has 270 valence electrons. The van der Waals surface area contributed by atoms with Crippen LogP contribution in [-0.4, -0.2) is 71.8 Å². The summed E-state index contributed by atoms with van der Waals surface area (Å²) in [6.07, 6.45) is -4.08. The first kappa shape index (κ1) is 38.3. The summed E-state index contributed by atoms with van der Waals surface area (Å²) in [7, 11) is 1.16. The Morgan fingerprint density at radius 1 is 0.765 bits per heavy atom. The molecule has 1 fully saturated rings. The quantitative estimate of drug-likeness (QED) is 0.106. The standard InChI is InChI=1S/C40H44BrNO9/c1-28(43)42-34-36(51-40(45,39(44)46-2)38(41)37(34)50-26-32-21-13-6-14-22-32)35(49-25-31-19-11-5-12-20-31)33(48-24-30-17-9-4-10-18-30)27-47-23-29-15-7-3-8-16-29/h3-22,33-38,45H,23-27H2,1-2H3,(H,42,43)/t33-,34+,35-,36-,37-,38-,40+/m1/s1. The van der Waals surface area contributed by atoms with Crippen molar-refractivity contribution in [3.63, 3.8) is 0 Å². The van der Waals surface area contributed by atoms with Gasteiger partial charge in [0.2, 0.25) is 5.91 Å². The fourth-order valence-corrected chi connectivity index (χ4v) is 6.71. The van der Waals surface area contributed by atoms with Gasteiger partial charge >= 0.3 is 5.97 Å². The van der Waals surface area contributed by atoms with Crippen molar-refractivity contribution in [3.05, 3.63) is 144 Å². The number of aliphatic hydroxyl groups is 1. The van der Waals surface area contributed by atoms with Crippen LogP contribution < -0.4 is 5.32 Å². The highest BCUT2D eigenvalue weighted by atomic mass is 79.9. The maximum absolute atomic E-state index is 13.3. The van der Waals surface area contributed by atoms with Crippen molar-refractivity contribution < 1.29 is 43.1 Å². The van der Waals surface area contributed by atoms with Gasteiger partial charge in [-0.15, -0.1) is 0 Å². The first-order valence-electron chi connectivity index (χ1n) is 16.8. The number of esters is 1. The zero-order chi connectivity index (χ0) is 36.1. The predicted octanol–water partition coefficient (Wildman–Crippen LogP) is 5.49. The van der Waals surface area contributed by atoms with E-state index in [1.165, 1.54) is 6.92 Å². The van der Waals surface area contributed by atoms with E-state index in [4.69, 9.17) is 28.4 Å². The van der Waals surface area contributed by atoms with Gasteiger partial charge in [-0.1, -0.05) is 137 Å². The van der Waals surface area contributed by atoms with Crippen molar-refractivity contribution in [2.24, 2.45) is 0 Å². The summed E-state index contributed by atoms with van der Waals surface area (Å²) in [6, 6.07) is 37.4. The second-order valence-electron chi connectivity index (χ2n) is 12.3. The van der Waals surface area contributed by atoms with Gasteiger partial charge in [-0.3, -0.25) is 4.79 Å². The van der Waals surface area contributed by atoms with Crippen LogP contribution in [0.5, 0.6) is 0 Å². The highest BCUT2D eigenvalue weighted by molar-refractivity contribution is 9.09. The lowest BCUT2D eigenvalue weighted by Gasteiger charge is -2.50. The summed E-state index contributed by atoms with van der Waals surface area (Å²) in [4.78, 5) is 25.0. The molecule has 1 aliphatic rings. The Hall–Kier alpha value is -3.94. The Morgan fingerprint density at radius 3 is 1.73 bits per heavy atom. The van der Waals surface area contributed by atoms with Crippen LogP contribution >= 0.6 is 15.9 Å². The van der Waals surface area contributed by atoms with Gasteiger partial charge in [0.25, 0.3) is 5.79 Å². The average Bonchev–Trinajstić information content (AvgIpc) is 3.16. The largest absolute Gasteiger partial charge is 0.465 e. The van der Waals surface area contributed by atoms with Crippen LogP contribution in [0.15, 0.2) is 121 Å². The van der Waals surface area contributed by atoms with Crippen LogP contribution in [0.4, 0.5) is 0 Å². The normalized spacial score (nSPS) is 22.8. The van der Waals surface area contributed by atoms with E-state index < -0.39 is 47.0 Å². The molecule has 1 saturated heterocycles. The zero-order valence-corrected chi connectivity index (χ0v) is 30.2. The van der Waals surface area contributed by atoms with E-state index in [1.54, 1.807) is 0 Å². The van der Waals surface area contributed by atoms with Gasteiger partial charge in [-0.2, -0.15) is 0 Å². The molecule has 1 amide bonds. The molecular weight excluding hydrogens is 718 g/mol. The van der Waals surface area contributed by atoms with Crippen LogP contribution in [-0.2, 0) is 64.4 Å². The molecule has 0 spiro atoms. The van der Waals surface area contributed by atoms with Crippen molar-refractivity contribution in [2.45, 2.75) is 74.4 Å². The van der Waals surface area contributed by atoms with Gasteiger partial charge in [-0.05, 0) is 22.3 Å². The molecule has 0 radical (unpaired) electrons. The van der Waals surface area contributed by atoms with E-state index in [0.717, 1.165) is 29.4 Å². The van der Waals surface area contributed by atoms with Crippen molar-refractivity contribution in [2.75, 3.05) is 13.7 Å². The monoisotopic (exact) mass is 761 g/mol. The Bertz CT molecular complexity index is 1630. The number of rotatable bonds is 17. The van der Waals surface area contributed by atoms with Crippen molar-refractivity contribution >= 4 is 27.8 Å². The summed E-state index contributed by atoms with van der Waals surface area (Å²) >= 11 is 3.49. The summed E-state index contributed by atoms with van der Waals surface area (Å²) < 4.78 is 37.3. The highest BCUT2D eigenvalue weighted by Gasteiger charge is 2.61. The number of carbonyl (C=O) groups is 2. The first-order valence-corrected chi connectivity index (χ1v) is 17.7. The molecule has 10 nitrogen and oxygen atoms in total. The third kappa shape index (κ3) is 10.6. The number of ether oxygens (including phenoxy) is 6. The number of hydrogen-bond donors (Lipinski definition) is 2. The van der Waals surface area contributed by atoms with Gasteiger partial charge in [-0.25, -0.2) is 4.79 Å². The fraction of sp³-hybridized carbons (Fsp3) is 0.350. The van der Waals surface area contributed by atoms with Crippen LogP contribution in [0.25, 0.3) is 0 Å². The number of carbonyl (C=O) groups excluding carboxylic acids is 2. The van der Waals surface area contributed by atoms with Crippen molar-refractivity contribution in [1.82, 2.24) is 5.32 Å². The third-order valence-corrected chi connectivity index (χ3v) is 9.64. The minimum atomic E-state index is -2.54. The smallest absolute Gasteiger partial charge is 0.367 e. The maximum Gasteiger partial charge on any atom is 0.367 e. The lowest BCUT2D eigenvalue weighted by atomic mass is 9.88. The molecule has 7 atom stereocenters. The van der Waals surface area contributed by atoms with E-state index in [-0.39, 0.29) is 38.9 Å². The lowest BCUT2D eigenvalue weighted by molar-refractivity contribution is -0.302. The summed E-state index contributed by atoms with van der Waals surface area (Å²) in [5.41, 5.74) is 3.58. The van der Waals surface area contributed by atoms with E-state index in [2.05, 4.69) is 21.2 Å². The molecule has 1 heterocycles. The third-order valence-electron chi connectivity index (χ3n) is 8.50. The summed E-state index contributed by atoms with van der Waals surface area (Å²) in [6.45, 7) is 2.12. The molecule has 5 rings (SSSR count). The lowest BCUT2D eigenvalue weighted by Crippen LogP contribution is -2.73. The first-order chi connectivity index (χ1) is 24.8. The van der Waals surface area contributed by atoms with Gasteiger partial charge in [0.05, 0.1) is 52.3 Å². The molecule has 4 aromatic rings. The predicted molar refractivity (Wildman–Crippen MR) is 193 cm³/mol. The molecule has 11 heteroatoms. The number of halogens is 1. The van der Waals surface area contributed by atoms with Gasteiger partial charge in [0.15, 0.2) is 0 Å². The second kappa shape index (κ2) is 19.1. The second-order valence-corrected chi connectivity index (χ2v) is 13.2. The Morgan fingerprint density at radius 2 is 1.24 bits per heavy atom. The number of benzene rings is 4. The van der Waals surface area contributed by atoms with Gasteiger partial charge < -0.3 is 38.8 Å². The van der Waals surface area contributed by atoms with E-state index >= 15 is 0 Å². The number of alkyl halides is 1. The SMILES string of the molecule is COC(=O)[C@@]1(O)O[C@@H]([C@H](OCc2ccccc2)[C@@H](COCc2ccccc2)OCc2ccccc2)[C@H](NC(C)=O)[C@@H](OCc2ccccc2)[C@H]1Br. The van der Waals surface area contributed by atoms with Crippen molar-refractivity contribution in [1.29, 1.82) is 0 Å². The molecule has 0 aliphatic carbocycles. The molecule has 4 aromatic carbocycles. The van der Waals surface area contributed by atoms with Gasteiger partial charge in [0.1, 0.15) is 23.1 Å². The number of nitrogens with one attached hydrogen (secondary N) is 1. The van der Waals surface area contributed by atoms with E-state index in [9.17, 15) is 14.7 Å². The minimum Gasteiger partial charge on any atom is -0.465 e. The summed E-state index contributed by atoms with van der Waals surface area (Å²) in [5, 5.41) is 15.0. The molecular formula is C40H44BrNO9. The number of hydrogen-bond acceptors (Lipinski definition) is 9. The number of amides is 1. The van der Waals surface area contributed by atoms with E-state index in [0.29, 0.717) is 0 Å². The van der Waals surface area contributed by atoms with Gasteiger partial charge in [0, 0.05) is 6.92 Å². The van der Waals surface area contributed by atoms with Crippen LogP contribution in [0.1, 0.15) is 29.2 Å². The Balaban J connectivity index is 1.55. The van der Waals surface area contributed by atoms with Crippen LogP contribution in [0, 0.1) is 0 Å². The molecule has 0 unspecified atom stereocenters. The molecule has 0 aromatic heterocycles. The minimum absolute atomic E-state index is 0.0395. The maximum atomic E-state index is 13.3. The van der Waals surface area contributed by atoms with Crippen molar-refractivity contribution in [3.8, 4) is 0 Å². The fourth-order valence-electron chi connectivity index (χ4n) is 5.93. The molecule has 1 aliphatic heterocycles. The summed E-state index contributed by atoms with van der Waals surface area (Å²) in [5.74, 6) is -3.97. The van der Waals surface area contributed by atoms with Crippen LogP contribution in [0.2, 0.25) is 0 Å².